The molecule has 0 saturated carbocycles. The number of rotatable bonds is 5. The maximum atomic E-state index is 11.5. The van der Waals surface area contributed by atoms with Crippen LogP contribution in [0.1, 0.15) is 30.3 Å². The molecule has 1 unspecified atom stereocenters. The van der Waals surface area contributed by atoms with Crippen LogP contribution in [0.3, 0.4) is 0 Å². The number of aromatic nitrogens is 2. The van der Waals surface area contributed by atoms with Crippen LogP contribution in [0, 0.1) is 0 Å². The van der Waals surface area contributed by atoms with Gasteiger partial charge in [-0.2, -0.15) is 0 Å². The lowest BCUT2D eigenvalue weighted by molar-refractivity contribution is 0.0931. The van der Waals surface area contributed by atoms with E-state index in [4.69, 9.17) is 5.11 Å². The summed E-state index contributed by atoms with van der Waals surface area (Å²) >= 11 is 0. The normalized spacial score (nSPS) is 12.4. The third-order valence-corrected chi connectivity index (χ3v) is 2.01. The van der Waals surface area contributed by atoms with E-state index < -0.39 is 5.69 Å². The van der Waals surface area contributed by atoms with Gasteiger partial charge in [-0.3, -0.25) is 4.79 Å². The van der Waals surface area contributed by atoms with Gasteiger partial charge >= 0.3 is 5.69 Å². The Labute approximate surface area is 86.7 Å². The average Bonchev–Trinajstić information content (AvgIpc) is 2.61. The van der Waals surface area contributed by atoms with Gasteiger partial charge in [-0.15, -0.1) is 0 Å². The lowest BCUT2D eigenvalue weighted by Gasteiger charge is -2.11. The number of hydrogen-bond acceptors (Lipinski definition) is 3. The molecule has 84 valence electrons. The second-order valence-corrected chi connectivity index (χ2v) is 3.40. The van der Waals surface area contributed by atoms with Crippen molar-refractivity contribution in [2.24, 2.45) is 0 Å². The number of aromatic amines is 2. The van der Waals surface area contributed by atoms with Gasteiger partial charge in [0.15, 0.2) is 0 Å². The number of nitrogens with one attached hydrogen (secondary N) is 3. The van der Waals surface area contributed by atoms with Gasteiger partial charge in [0.25, 0.3) is 5.91 Å². The van der Waals surface area contributed by atoms with Crippen LogP contribution in [0.5, 0.6) is 0 Å². The molecule has 0 radical (unpaired) electrons. The standard InChI is InChI=1S/C9H15N3O3/c1-6(3-2-4-13)11-8(14)7-5-10-9(15)12-7/h5-6,13H,2-4H2,1H3,(H,11,14)(H2,10,12,15). The van der Waals surface area contributed by atoms with E-state index in [1.165, 1.54) is 6.20 Å². The highest BCUT2D eigenvalue weighted by Crippen LogP contribution is 1.97. The van der Waals surface area contributed by atoms with Crippen LogP contribution >= 0.6 is 0 Å². The zero-order chi connectivity index (χ0) is 11.3. The van der Waals surface area contributed by atoms with Crippen LogP contribution in [0.25, 0.3) is 0 Å². The molecule has 0 bridgehead atoms. The van der Waals surface area contributed by atoms with Crippen molar-refractivity contribution < 1.29 is 9.90 Å². The fraction of sp³-hybridized carbons (Fsp3) is 0.556. The summed E-state index contributed by atoms with van der Waals surface area (Å²) in [6, 6.07) is -0.0250. The van der Waals surface area contributed by atoms with Crippen LogP contribution in [0.15, 0.2) is 11.0 Å². The van der Waals surface area contributed by atoms with E-state index in [9.17, 15) is 9.59 Å². The third kappa shape index (κ3) is 3.59. The van der Waals surface area contributed by atoms with E-state index in [2.05, 4.69) is 15.3 Å². The number of H-pyrrole nitrogens is 2. The molecule has 1 rings (SSSR count). The minimum atomic E-state index is -0.400. The smallest absolute Gasteiger partial charge is 0.323 e. The van der Waals surface area contributed by atoms with Crippen LogP contribution in [-0.4, -0.2) is 33.6 Å². The topological polar surface area (TPSA) is 98.0 Å². The first-order valence-corrected chi connectivity index (χ1v) is 4.83. The van der Waals surface area contributed by atoms with Crippen LogP contribution < -0.4 is 11.0 Å². The predicted octanol–water partition coefficient (Wildman–Crippen LogP) is -0.406. The zero-order valence-electron chi connectivity index (χ0n) is 8.54. The summed E-state index contributed by atoms with van der Waals surface area (Å²) in [7, 11) is 0. The Kier molecular flexibility index (Phi) is 4.11. The number of aliphatic hydroxyl groups excluding tert-OH is 1. The van der Waals surface area contributed by atoms with E-state index in [1.54, 1.807) is 0 Å². The summed E-state index contributed by atoms with van der Waals surface area (Å²) in [5, 5.41) is 11.3. The minimum Gasteiger partial charge on any atom is -0.396 e. The summed E-state index contributed by atoms with van der Waals surface area (Å²) in [6.07, 6.45) is 2.68. The number of amides is 1. The predicted molar refractivity (Wildman–Crippen MR) is 54.7 cm³/mol. The van der Waals surface area contributed by atoms with Crippen LogP contribution in [-0.2, 0) is 0 Å². The lowest BCUT2D eigenvalue weighted by Crippen LogP contribution is -2.33. The van der Waals surface area contributed by atoms with Gasteiger partial charge in [0, 0.05) is 18.8 Å². The maximum Gasteiger partial charge on any atom is 0.323 e. The molecule has 1 aromatic rings. The number of carbonyl (C=O) groups excluding carboxylic acids is 1. The van der Waals surface area contributed by atoms with Gasteiger partial charge in [-0.1, -0.05) is 0 Å². The highest BCUT2D eigenvalue weighted by molar-refractivity contribution is 5.92. The molecule has 1 atom stereocenters. The van der Waals surface area contributed by atoms with Gasteiger partial charge in [0.1, 0.15) is 5.69 Å². The SMILES string of the molecule is CC(CCCO)NC(=O)c1c[nH]c(=O)[nH]1. The average molecular weight is 213 g/mol. The summed E-state index contributed by atoms with van der Waals surface area (Å²) in [6.45, 7) is 1.96. The van der Waals surface area contributed by atoms with E-state index in [1.807, 2.05) is 6.92 Å². The van der Waals surface area contributed by atoms with E-state index in [-0.39, 0.29) is 24.2 Å². The Morgan fingerprint density at radius 1 is 1.67 bits per heavy atom. The second-order valence-electron chi connectivity index (χ2n) is 3.40. The molecule has 0 saturated heterocycles. The highest BCUT2D eigenvalue weighted by Gasteiger charge is 2.10. The quantitative estimate of drug-likeness (QED) is 0.535. The fourth-order valence-electron chi connectivity index (χ4n) is 1.23. The summed E-state index contributed by atoms with van der Waals surface area (Å²) < 4.78 is 0. The minimum absolute atomic E-state index is 0.0250. The molecule has 0 aliphatic heterocycles. The van der Waals surface area contributed by atoms with E-state index in [0.717, 1.165) is 0 Å². The van der Waals surface area contributed by atoms with Gasteiger partial charge in [0.2, 0.25) is 0 Å². The molecule has 6 heteroatoms. The van der Waals surface area contributed by atoms with Crippen molar-refractivity contribution in [2.75, 3.05) is 6.61 Å². The van der Waals surface area contributed by atoms with Crippen LogP contribution in [0.4, 0.5) is 0 Å². The zero-order valence-corrected chi connectivity index (χ0v) is 8.54. The Morgan fingerprint density at radius 2 is 2.40 bits per heavy atom. The molecule has 6 nitrogen and oxygen atoms in total. The van der Waals surface area contributed by atoms with Gasteiger partial charge in [-0.05, 0) is 19.8 Å². The molecule has 0 aromatic carbocycles. The number of imidazole rings is 1. The van der Waals surface area contributed by atoms with Crippen molar-refractivity contribution >= 4 is 5.91 Å². The first-order chi connectivity index (χ1) is 7.13. The Hall–Kier alpha value is -1.56. The largest absolute Gasteiger partial charge is 0.396 e. The Bertz CT molecular complexity index is 369. The van der Waals surface area contributed by atoms with Crippen molar-refractivity contribution in [3.63, 3.8) is 0 Å². The monoisotopic (exact) mass is 213 g/mol. The highest BCUT2D eigenvalue weighted by atomic mass is 16.3. The first kappa shape index (κ1) is 11.5. The Balaban J connectivity index is 2.45. The summed E-state index contributed by atoms with van der Waals surface area (Å²) in [4.78, 5) is 26.9. The van der Waals surface area contributed by atoms with Crippen molar-refractivity contribution in [1.29, 1.82) is 0 Å². The van der Waals surface area contributed by atoms with E-state index in [0.29, 0.717) is 12.8 Å². The van der Waals surface area contributed by atoms with Gasteiger partial charge < -0.3 is 20.4 Å². The molecule has 1 amide bonds. The van der Waals surface area contributed by atoms with Crippen molar-refractivity contribution in [2.45, 2.75) is 25.8 Å². The molecule has 1 heterocycles. The van der Waals surface area contributed by atoms with Gasteiger partial charge in [0.05, 0.1) is 0 Å². The van der Waals surface area contributed by atoms with Crippen LogP contribution in [0.2, 0.25) is 0 Å². The first-order valence-electron chi connectivity index (χ1n) is 4.83. The van der Waals surface area contributed by atoms with Crippen molar-refractivity contribution in [3.05, 3.63) is 22.4 Å². The number of aliphatic hydroxyl groups is 1. The molecule has 1 aromatic heterocycles. The lowest BCUT2D eigenvalue weighted by atomic mass is 10.2. The molecule has 0 spiro atoms. The third-order valence-electron chi connectivity index (χ3n) is 2.01. The van der Waals surface area contributed by atoms with E-state index >= 15 is 0 Å². The molecule has 15 heavy (non-hydrogen) atoms. The Morgan fingerprint density at radius 3 is 2.93 bits per heavy atom. The molecular weight excluding hydrogens is 198 g/mol. The van der Waals surface area contributed by atoms with Crippen molar-refractivity contribution in [3.8, 4) is 0 Å². The van der Waals surface area contributed by atoms with Crippen molar-refractivity contribution in [1.82, 2.24) is 15.3 Å². The molecule has 0 aliphatic rings. The number of carbonyl (C=O) groups is 1. The maximum absolute atomic E-state index is 11.5. The summed E-state index contributed by atoms with van der Waals surface area (Å²) in [5.41, 5.74) is -0.181. The summed E-state index contributed by atoms with van der Waals surface area (Å²) in [5.74, 6) is -0.321. The fourth-order valence-corrected chi connectivity index (χ4v) is 1.23. The molecule has 0 fully saturated rings. The molecule has 0 aliphatic carbocycles. The number of hydrogen-bond donors (Lipinski definition) is 4. The second kappa shape index (κ2) is 5.35. The van der Waals surface area contributed by atoms with Gasteiger partial charge in [-0.25, -0.2) is 4.79 Å². The molecule has 4 N–H and O–H groups in total. The molecular formula is C9H15N3O3.